The number of aromatic nitrogens is 2. The van der Waals surface area contributed by atoms with E-state index in [0.717, 1.165) is 18.9 Å². The van der Waals surface area contributed by atoms with Crippen molar-refractivity contribution in [2.45, 2.75) is 38.0 Å². The standard InChI is InChI=1S/C14H14ClN3O.C5H10O/c1-16-12-8-17-18(14(19)13(12)15)11-6-4-10(5-7-11)9-2-3-9;1-2-4-6-5-3-1/h4-9,16H,2-3H2,1H3;1-5H2. The number of hydrogen-bond acceptors (Lipinski definition) is 4. The first-order chi connectivity index (χ1) is 12.2. The first-order valence-corrected chi connectivity index (χ1v) is 9.22. The fourth-order valence-electron chi connectivity index (χ4n) is 2.78. The van der Waals surface area contributed by atoms with E-state index in [9.17, 15) is 4.79 Å². The summed E-state index contributed by atoms with van der Waals surface area (Å²) in [5, 5.41) is 7.12. The Balaban J connectivity index is 0.000000258. The Morgan fingerprint density at radius 3 is 2.32 bits per heavy atom. The zero-order valence-electron chi connectivity index (χ0n) is 14.5. The van der Waals surface area contributed by atoms with Crippen LogP contribution < -0.4 is 10.9 Å². The van der Waals surface area contributed by atoms with Gasteiger partial charge in [-0.2, -0.15) is 9.78 Å². The fraction of sp³-hybridized carbons (Fsp3) is 0.474. The number of nitrogens with one attached hydrogen (secondary N) is 1. The lowest BCUT2D eigenvalue weighted by molar-refractivity contribution is 0.0968. The van der Waals surface area contributed by atoms with Gasteiger partial charge >= 0.3 is 0 Å². The third-order valence-electron chi connectivity index (χ3n) is 4.45. The van der Waals surface area contributed by atoms with E-state index in [1.165, 1.54) is 42.3 Å². The van der Waals surface area contributed by atoms with Gasteiger partial charge in [-0.15, -0.1) is 0 Å². The zero-order chi connectivity index (χ0) is 17.6. The summed E-state index contributed by atoms with van der Waals surface area (Å²) in [6.45, 7) is 2.00. The van der Waals surface area contributed by atoms with E-state index >= 15 is 0 Å². The van der Waals surface area contributed by atoms with Gasteiger partial charge in [-0.25, -0.2) is 0 Å². The van der Waals surface area contributed by atoms with Gasteiger partial charge in [0.15, 0.2) is 0 Å². The molecule has 0 atom stereocenters. The molecule has 2 aromatic rings. The topological polar surface area (TPSA) is 56.1 Å². The number of ether oxygens (including phenoxy) is 1. The Labute approximate surface area is 153 Å². The van der Waals surface area contributed by atoms with Crippen LogP contribution in [0.2, 0.25) is 5.02 Å². The molecule has 1 aromatic heterocycles. The molecule has 0 spiro atoms. The number of benzene rings is 1. The zero-order valence-corrected chi connectivity index (χ0v) is 15.3. The lowest BCUT2D eigenvalue weighted by Gasteiger charge is -2.08. The maximum atomic E-state index is 12.1. The molecule has 0 bridgehead atoms. The normalized spacial score (nSPS) is 16.7. The SMILES string of the molecule is C1CCOCC1.CNc1cnn(-c2ccc(C3CC3)cc2)c(=O)c1Cl. The first kappa shape index (κ1) is 18.0. The van der Waals surface area contributed by atoms with Gasteiger partial charge in [-0.1, -0.05) is 23.7 Å². The van der Waals surface area contributed by atoms with E-state index in [1.54, 1.807) is 13.2 Å². The Morgan fingerprint density at radius 2 is 1.84 bits per heavy atom. The van der Waals surface area contributed by atoms with Gasteiger partial charge in [0.25, 0.3) is 5.56 Å². The molecule has 1 aliphatic heterocycles. The molecule has 0 radical (unpaired) electrons. The Morgan fingerprint density at radius 1 is 1.16 bits per heavy atom. The highest BCUT2D eigenvalue weighted by molar-refractivity contribution is 6.32. The van der Waals surface area contributed by atoms with E-state index < -0.39 is 0 Å². The molecule has 0 unspecified atom stereocenters. The Hall–Kier alpha value is -1.85. The van der Waals surface area contributed by atoms with Crippen LogP contribution in [0.4, 0.5) is 5.69 Å². The fourth-order valence-corrected chi connectivity index (χ4v) is 3.01. The summed E-state index contributed by atoms with van der Waals surface area (Å²) >= 11 is 6.00. The second kappa shape index (κ2) is 8.50. The molecule has 1 saturated heterocycles. The smallest absolute Gasteiger partial charge is 0.292 e. The minimum Gasteiger partial charge on any atom is -0.385 e. The highest BCUT2D eigenvalue weighted by Gasteiger charge is 2.23. The molecule has 1 saturated carbocycles. The summed E-state index contributed by atoms with van der Waals surface area (Å²) in [6, 6.07) is 7.94. The third kappa shape index (κ3) is 4.61. The van der Waals surface area contributed by atoms with Crippen molar-refractivity contribution in [3.05, 3.63) is 51.4 Å². The van der Waals surface area contributed by atoms with Crippen LogP contribution in [0.5, 0.6) is 0 Å². The second-order valence-corrected chi connectivity index (χ2v) is 6.76. The van der Waals surface area contributed by atoms with E-state index in [4.69, 9.17) is 16.3 Å². The first-order valence-electron chi connectivity index (χ1n) is 8.84. The van der Waals surface area contributed by atoms with Gasteiger partial charge in [0.2, 0.25) is 0 Å². The largest absolute Gasteiger partial charge is 0.385 e. The van der Waals surface area contributed by atoms with E-state index in [1.807, 2.05) is 12.1 Å². The molecule has 6 heteroatoms. The van der Waals surface area contributed by atoms with Crippen molar-refractivity contribution in [2.75, 3.05) is 25.6 Å². The maximum Gasteiger partial charge on any atom is 0.292 e. The minimum atomic E-state index is -0.312. The number of hydrogen-bond donors (Lipinski definition) is 1. The average molecular weight is 362 g/mol. The summed E-state index contributed by atoms with van der Waals surface area (Å²) < 4.78 is 6.39. The van der Waals surface area contributed by atoms with Crippen molar-refractivity contribution in [1.29, 1.82) is 0 Å². The molecular formula is C19H24ClN3O2. The van der Waals surface area contributed by atoms with Gasteiger partial charge in [-0.05, 0) is 55.7 Å². The highest BCUT2D eigenvalue weighted by atomic mass is 35.5. The molecule has 2 fully saturated rings. The molecule has 1 aliphatic carbocycles. The van der Waals surface area contributed by atoms with Crippen LogP contribution in [-0.4, -0.2) is 30.0 Å². The summed E-state index contributed by atoms with van der Waals surface area (Å²) in [5.41, 5.74) is 2.29. The maximum absolute atomic E-state index is 12.1. The molecule has 1 aromatic carbocycles. The van der Waals surface area contributed by atoms with Crippen LogP contribution in [0.15, 0.2) is 35.3 Å². The highest BCUT2D eigenvalue weighted by Crippen LogP contribution is 2.40. The predicted octanol–water partition coefficient (Wildman–Crippen LogP) is 3.99. The van der Waals surface area contributed by atoms with Gasteiger partial charge in [0.05, 0.1) is 17.6 Å². The van der Waals surface area contributed by atoms with E-state index in [2.05, 4.69) is 22.5 Å². The molecule has 2 aliphatic rings. The van der Waals surface area contributed by atoms with Crippen LogP contribution in [0.3, 0.4) is 0 Å². The molecule has 25 heavy (non-hydrogen) atoms. The number of halogens is 1. The summed E-state index contributed by atoms with van der Waals surface area (Å²) in [5.74, 6) is 0.703. The molecule has 0 amide bonds. The molecular weight excluding hydrogens is 338 g/mol. The minimum absolute atomic E-state index is 0.156. The van der Waals surface area contributed by atoms with Crippen molar-refractivity contribution in [3.63, 3.8) is 0 Å². The van der Waals surface area contributed by atoms with Crippen molar-refractivity contribution in [2.24, 2.45) is 0 Å². The molecule has 134 valence electrons. The number of rotatable bonds is 3. The van der Waals surface area contributed by atoms with E-state index in [-0.39, 0.29) is 10.6 Å². The lowest BCUT2D eigenvalue weighted by Crippen LogP contribution is -2.22. The second-order valence-electron chi connectivity index (χ2n) is 6.38. The van der Waals surface area contributed by atoms with Gasteiger partial charge < -0.3 is 10.1 Å². The van der Waals surface area contributed by atoms with Gasteiger partial charge in [-0.3, -0.25) is 4.79 Å². The average Bonchev–Trinajstić information content (AvgIpc) is 3.51. The van der Waals surface area contributed by atoms with Crippen molar-refractivity contribution in [1.82, 2.24) is 9.78 Å². The molecule has 1 N–H and O–H groups in total. The third-order valence-corrected chi connectivity index (χ3v) is 4.82. The summed E-state index contributed by atoms with van der Waals surface area (Å²) in [7, 11) is 1.71. The van der Waals surface area contributed by atoms with Crippen LogP contribution in [-0.2, 0) is 4.74 Å². The Bertz CT molecular complexity index is 739. The molecule has 5 nitrogen and oxygen atoms in total. The van der Waals surface area contributed by atoms with Crippen molar-refractivity contribution in [3.8, 4) is 5.69 Å². The Kier molecular flexibility index (Phi) is 6.10. The molecule has 2 heterocycles. The van der Waals surface area contributed by atoms with Crippen molar-refractivity contribution >= 4 is 17.3 Å². The number of nitrogens with zero attached hydrogens (tertiary/aromatic N) is 2. The summed E-state index contributed by atoms with van der Waals surface area (Å²) in [6.07, 6.45) is 8.01. The lowest BCUT2D eigenvalue weighted by atomic mass is 10.1. The molecule has 4 rings (SSSR count). The predicted molar refractivity (Wildman–Crippen MR) is 101 cm³/mol. The monoisotopic (exact) mass is 361 g/mol. The quantitative estimate of drug-likeness (QED) is 0.898. The van der Waals surface area contributed by atoms with Gasteiger partial charge in [0, 0.05) is 20.3 Å². The van der Waals surface area contributed by atoms with Crippen LogP contribution in [0, 0.1) is 0 Å². The van der Waals surface area contributed by atoms with Crippen molar-refractivity contribution < 1.29 is 4.74 Å². The van der Waals surface area contributed by atoms with Crippen LogP contribution in [0.25, 0.3) is 5.69 Å². The van der Waals surface area contributed by atoms with Crippen LogP contribution >= 0.6 is 11.6 Å². The van der Waals surface area contributed by atoms with Crippen LogP contribution in [0.1, 0.15) is 43.6 Å². The van der Waals surface area contributed by atoms with Gasteiger partial charge in [0.1, 0.15) is 5.02 Å². The summed E-state index contributed by atoms with van der Waals surface area (Å²) in [4.78, 5) is 12.1. The number of anilines is 1. The van der Waals surface area contributed by atoms with E-state index in [0.29, 0.717) is 11.6 Å².